The number of carbonyl (C=O) groups is 1. The number of rotatable bonds is 6. The van der Waals surface area contributed by atoms with Crippen LogP contribution >= 0.6 is 23.1 Å². The Morgan fingerprint density at radius 1 is 1.26 bits per heavy atom. The van der Waals surface area contributed by atoms with Crippen LogP contribution in [-0.4, -0.2) is 40.7 Å². The average Bonchev–Trinajstić information content (AvgIpc) is 3.27. The van der Waals surface area contributed by atoms with Crippen LogP contribution < -0.4 is 4.74 Å². The summed E-state index contributed by atoms with van der Waals surface area (Å²) in [6, 6.07) is 7.80. The second-order valence-corrected chi connectivity index (χ2v) is 8.65. The second kappa shape index (κ2) is 7.86. The predicted molar refractivity (Wildman–Crippen MR) is 110 cm³/mol. The Bertz CT molecular complexity index is 969. The summed E-state index contributed by atoms with van der Waals surface area (Å²) in [4.78, 5) is 25.7. The van der Waals surface area contributed by atoms with Crippen LogP contribution in [0, 0.1) is 0 Å². The van der Waals surface area contributed by atoms with Crippen molar-refractivity contribution in [1.29, 1.82) is 0 Å². The molecule has 0 unspecified atom stereocenters. The fourth-order valence-corrected chi connectivity index (χ4v) is 5.60. The van der Waals surface area contributed by atoms with Gasteiger partial charge in [0.15, 0.2) is 0 Å². The number of thioether (sulfide) groups is 1. The number of aromatic nitrogens is 2. The molecule has 3 aromatic rings. The zero-order valence-corrected chi connectivity index (χ0v) is 17.0. The molecule has 2 aromatic heterocycles. The highest BCUT2D eigenvalue weighted by molar-refractivity contribution is 8.00. The van der Waals surface area contributed by atoms with E-state index in [1.807, 2.05) is 31.3 Å². The third-order valence-electron chi connectivity index (χ3n) is 4.80. The van der Waals surface area contributed by atoms with Crippen LogP contribution in [0.5, 0.6) is 5.75 Å². The Hall–Kier alpha value is -2.12. The molecule has 0 spiro atoms. The summed E-state index contributed by atoms with van der Waals surface area (Å²) in [5, 5.41) is 2.11. The number of amides is 1. The number of nitrogens with zero attached hydrogens (tertiary/aromatic N) is 3. The van der Waals surface area contributed by atoms with E-state index >= 15 is 0 Å². The number of hydrogen-bond acceptors (Lipinski definition) is 6. The van der Waals surface area contributed by atoms with Crippen molar-refractivity contribution in [2.24, 2.45) is 0 Å². The number of carbonyl (C=O) groups excluding carboxylic acids is 1. The van der Waals surface area contributed by atoms with Gasteiger partial charge in [0.25, 0.3) is 0 Å². The van der Waals surface area contributed by atoms with Crippen molar-refractivity contribution in [3.8, 4) is 5.75 Å². The first-order valence-corrected chi connectivity index (χ1v) is 10.7. The third-order valence-corrected chi connectivity index (χ3v) is 6.98. The van der Waals surface area contributed by atoms with Crippen molar-refractivity contribution in [2.75, 3.05) is 19.9 Å². The van der Waals surface area contributed by atoms with E-state index in [-0.39, 0.29) is 5.91 Å². The summed E-state index contributed by atoms with van der Waals surface area (Å²) in [6.07, 6.45) is 5.06. The SMILES string of the molecule is COc1ccc(CN(C)C(=O)CSc2ncnc3sc4c(c23)CCC4)cc1. The minimum Gasteiger partial charge on any atom is -0.497 e. The summed E-state index contributed by atoms with van der Waals surface area (Å²) in [7, 11) is 3.49. The zero-order valence-electron chi connectivity index (χ0n) is 15.4. The summed E-state index contributed by atoms with van der Waals surface area (Å²) in [5.74, 6) is 1.29. The summed E-state index contributed by atoms with van der Waals surface area (Å²) >= 11 is 3.29. The molecule has 4 rings (SSSR count). The molecule has 0 saturated heterocycles. The number of fused-ring (bicyclic) bond motifs is 3. The van der Waals surface area contributed by atoms with Crippen molar-refractivity contribution in [3.05, 3.63) is 46.6 Å². The first-order chi connectivity index (χ1) is 13.2. The van der Waals surface area contributed by atoms with Crippen LogP contribution in [0.4, 0.5) is 0 Å². The van der Waals surface area contributed by atoms with E-state index in [4.69, 9.17) is 4.74 Å². The highest BCUT2D eigenvalue weighted by atomic mass is 32.2. The van der Waals surface area contributed by atoms with Crippen LogP contribution in [0.15, 0.2) is 35.6 Å². The van der Waals surface area contributed by atoms with Gasteiger partial charge in [0.1, 0.15) is 21.9 Å². The first kappa shape index (κ1) is 18.3. The van der Waals surface area contributed by atoms with Gasteiger partial charge in [-0.25, -0.2) is 9.97 Å². The summed E-state index contributed by atoms with van der Waals surface area (Å²) in [5.41, 5.74) is 2.48. The second-order valence-electron chi connectivity index (χ2n) is 6.60. The van der Waals surface area contributed by atoms with Gasteiger partial charge in [-0.3, -0.25) is 4.79 Å². The minimum absolute atomic E-state index is 0.0921. The molecule has 0 fully saturated rings. The third kappa shape index (κ3) is 3.80. The van der Waals surface area contributed by atoms with E-state index in [2.05, 4.69) is 9.97 Å². The van der Waals surface area contributed by atoms with Crippen molar-refractivity contribution >= 4 is 39.2 Å². The van der Waals surface area contributed by atoms with Crippen molar-refractivity contribution in [2.45, 2.75) is 30.8 Å². The van der Waals surface area contributed by atoms with E-state index in [0.717, 1.165) is 34.0 Å². The minimum atomic E-state index is 0.0921. The Kier molecular flexibility index (Phi) is 5.31. The van der Waals surface area contributed by atoms with E-state index in [9.17, 15) is 4.79 Å². The molecule has 140 valence electrons. The number of methoxy groups -OCH3 is 1. The lowest BCUT2D eigenvalue weighted by Gasteiger charge is -2.17. The van der Waals surface area contributed by atoms with Crippen LogP contribution in [0.1, 0.15) is 22.4 Å². The van der Waals surface area contributed by atoms with Gasteiger partial charge in [0, 0.05) is 23.9 Å². The molecule has 7 heteroatoms. The van der Waals surface area contributed by atoms with Gasteiger partial charge in [0.05, 0.1) is 12.9 Å². The topological polar surface area (TPSA) is 55.3 Å². The van der Waals surface area contributed by atoms with Gasteiger partial charge >= 0.3 is 0 Å². The van der Waals surface area contributed by atoms with Crippen molar-refractivity contribution in [3.63, 3.8) is 0 Å². The number of ether oxygens (including phenoxy) is 1. The molecule has 0 N–H and O–H groups in total. The molecule has 1 aromatic carbocycles. The van der Waals surface area contributed by atoms with E-state index in [1.165, 1.54) is 34.0 Å². The highest BCUT2D eigenvalue weighted by Crippen LogP contribution is 2.40. The van der Waals surface area contributed by atoms with Crippen molar-refractivity contribution in [1.82, 2.24) is 14.9 Å². The number of hydrogen-bond donors (Lipinski definition) is 0. The molecule has 2 heterocycles. The van der Waals surface area contributed by atoms with Gasteiger partial charge < -0.3 is 9.64 Å². The number of thiophene rings is 1. The van der Waals surface area contributed by atoms with Gasteiger partial charge in [-0.1, -0.05) is 23.9 Å². The highest BCUT2D eigenvalue weighted by Gasteiger charge is 2.22. The average molecular weight is 400 g/mol. The maximum atomic E-state index is 12.6. The molecule has 1 aliphatic rings. The molecule has 1 aliphatic carbocycles. The predicted octanol–water partition coefficient (Wildman–Crippen LogP) is 3.94. The Morgan fingerprint density at radius 3 is 2.85 bits per heavy atom. The van der Waals surface area contributed by atoms with Crippen LogP contribution in [0.25, 0.3) is 10.2 Å². The number of aryl methyl sites for hydroxylation is 2. The zero-order chi connectivity index (χ0) is 18.8. The van der Waals surface area contributed by atoms with Gasteiger partial charge in [0.2, 0.25) is 5.91 Å². The molecular formula is C20H21N3O2S2. The molecular weight excluding hydrogens is 378 g/mol. The van der Waals surface area contributed by atoms with Crippen LogP contribution in [0.2, 0.25) is 0 Å². The molecule has 0 saturated carbocycles. The summed E-state index contributed by atoms with van der Waals surface area (Å²) < 4.78 is 5.17. The molecule has 0 bridgehead atoms. The number of benzene rings is 1. The molecule has 5 nitrogen and oxygen atoms in total. The lowest BCUT2D eigenvalue weighted by molar-refractivity contribution is -0.127. The molecule has 0 aliphatic heterocycles. The van der Waals surface area contributed by atoms with E-state index in [1.54, 1.807) is 29.7 Å². The van der Waals surface area contributed by atoms with E-state index in [0.29, 0.717) is 12.3 Å². The van der Waals surface area contributed by atoms with Crippen LogP contribution in [0.3, 0.4) is 0 Å². The standard InChI is InChI=1S/C20H21N3O2S2/c1-23(10-13-6-8-14(25-2)9-7-13)17(24)11-26-19-18-15-4-3-5-16(15)27-20(18)22-12-21-19/h6-9,12H,3-5,10-11H2,1-2H3. The van der Waals surface area contributed by atoms with Gasteiger partial charge in [-0.2, -0.15) is 0 Å². The van der Waals surface area contributed by atoms with Gasteiger partial charge in [-0.15, -0.1) is 11.3 Å². The maximum Gasteiger partial charge on any atom is 0.233 e. The molecule has 1 amide bonds. The van der Waals surface area contributed by atoms with E-state index < -0.39 is 0 Å². The molecule has 27 heavy (non-hydrogen) atoms. The van der Waals surface area contributed by atoms with Crippen molar-refractivity contribution < 1.29 is 9.53 Å². The monoisotopic (exact) mass is 399 g/mol. The van der Waals surface area contributed by atoms with Gasteiger partial charge in [-0.05, 0) is 42.5 Å². The fraction of sp³-hybridized carbons (Fsp3) is 0.350. The Morgan fingerprint density at radius 2 is 2.07 bits per heavy atom. The largest absolute Gasteiger partial charge is 0.497 e. The lowest BCUT2D eigenvalue weighted by atomic mass is 10.2. The quantitative estimate of drug-likeness (QED) is 0.464. The van der Waals surface area contributed by atoms with Crippen LogP contribution in [-0.2, 0) is 24.2 Å². The molecule has 0 radical (unpaired) electrons. The fourth-order valence-electron chi connectivity index (χ4n) is 3.34. The lowest BCUT2D eigenvalue weighted by Crippen LogP contribution is -2.27. The Balaban J connectivity index is 1.42. The maximum absolute atomic E-state index is 12.6. The molecule has 0 atom stereocenters. The summed E-state index contributed by atoms with van der Waals surface area (Å²) in [6.45, 7) is 0.580. The normalized spacial score (nSPS) is 13.0. The smallest absolute Gasteiger partial charge is 0.233 e. The first-order valence-electron chi connectivity index (χ1n) is 8.90. The Labute approximate surface area is 166 Å².